The second-order valence-electron chi connectivity index (χ2n) is 5.26. The Balaban J connectivity index is 2.02. The normalized spacial score (nSPS) is 19.9. The number of hydrogen-bond donors (Lipinski definition) is 2. The van der Waals surface area contributed by atoms with Crippen LogP contribution in [0.25, 0.3) is 10.9 Å². The van der Waals surface area contributed by atoms with Crippen molar-refractivity contribution in [3.63, 3.8) is 0 Å². The summed E-state index contributed by atoms with van der Waals surface area (Å²) < 4.78 is 0. The van der Waals surface area contributed by atoms with Gasteiger partial charge >= 0.3 is 0 Å². The van der Waals surface area contributed by atoms with Crippen LogP contribution in [-0.2, 0) is 0 Å². The zero-order valence-electron chi connectivity index (χ0n) is 10.9. The van der Waals surface area contributed by atoms with Crippen molar-refractivity contribution in [3.05, 3.63) is 30.0 Å². The van der Waals surface area contributed by atoms with Crippen molar-refractivity contribution in [2.45, 2.75) is 32.2 Å². The molecule has 18 heavy (non-hydrogen) atoms. The number of aryl methyl sites for hydroxylation is 1. The number of aromatic nitrogens is 1. The predicted octanol–water partition coefficient (Wildman–Crippen LogP) is 2.79. The van der Waals surface area contributed by atoms with Gasteiger partial charge in [0, 0.05) is 23.7 Å². The van der Waals surface area contributed by atoms with Gasteiger partial charge in [0.25, 0.3) is 0 Å². The van der Waals surface area contributed by atoms with Crippen molar-refractivity contribution in [2.75, 3.05) is 18.0 Å². The molecule has 1 unspecified atom stereocenters. The Morgan fingerprint density at radius 3 is 3.17 bits per heavy atom. The number of H-pyrrole nitrogens is 1. The number of nitrogens with two attached hydrogens (primary N) is 1. The van der Waals surface area contributed by atoms with Crippen LogP contribution in [0.4, 0.5) is 5.69 Å². The van der Waals surface area contributed by atoms with Gasteiger partial charge in [-0.05, 0) is 44.9 Å². The lowest BCUT2D eigenvalue weighted by Gasteiger charge is -2.27. The Morgan fingerprint density at radius 1 is 1.44 bits per heavy atom. The highest BCUT2D eigenvalue weighted by Crippen LogP contribution is 2.32. The molecule has 0 spiro atoms. The lowest BCUT2D eigenvalue weighted by Crippen LogP contribution is -2.31. The second kappa shape index (κ2) is 4.65. The lowest BCUT2D eigenvalue weighted by atomic mass is 10.1. The maximum Gasteiger partial charge on any atom is 0.0693 e. The minimum atomic E-state index is 0.615. The highest BCUT2D eigenvalue weighted by atomic mass is 15.2. The summed E-state index contributed by atoms with van der Waals surface area (Å²) in [6, 6.07) is 9.39. The van der Waals surface area contributed by atoms with E-state index in [0.29, 0.717) is 6.04 Å². The van der Waals surface area contributed by atoms with Gasteiger partial charge < -0.3 is 15.6 Å². The molecule has 3 heteroatoms. The molecule has 2 aromatic rings. The summed E-state index contributed by atoms with van der Waals surface area (Å²) in [5, 5.41) is 1.31. The number of para-hydroxylation sites is 1. The summed E-state index contributed by atoms with van der Waals surface area (Å²) >= 11 is 0. The fourth-order valence-electron chi connectivity index (χ4n) is 3.17. The van der Waals surface area contributed by atoms with Crippen molar-refractivity contribution in [1.82, 2.24) is 4.98 Å². The molecule has 1 aliphatic heterocycles. The summed E-state index contributed by atoms with van der Waals surface area (Å²) in [6.45, 7) is 4.05. The van der Waals surface area contributed by atoms with Gasteiger partial charge in [-0.2, -0.15) is 0 Å². The van der Waals surface area contributed by atoms with Gasteiger partial charge in [-0.15, -0.1) is 0 Å². The lowest BCUT2D eigenvalue weighted by molar-refractivity contribution is 0.619. The van der Waals surface area contributed by atoms with E-state index in [1.807, 2.05) is 0 Å². The number of hydrogen-bond acceptors (Lipinski definition) is 2. The van der Waals surface area contributed by atoms with E-state index in [4.69, 9.17) is 5.73 Å². The average molecular weight is 243 g/mol. The van der Waals surface area contributed by atoms with E-state index in [9.17, 15) is 0 Å². The molecule has 1 fully saturated rings. The third-order valence-electron chi connectivity index (χ3n) is 3.96. The number of anilines is 1. The molecule has 3 rings (SSSR count). The van der Waals surface area contributed by atoms with Crippen LogP contribution < -0.4 is 10.6 Å². The van der Waals surface area contributed by atoms with Crippen LogP contribution in [0.2, 0.25) is 0 Å². The molecule has 1 atom stereocenters. The van der Waals surface area contributed by atoms with Crippen LogP contribution in [0.5, 0.6) is 0 Å². The highest BCUT2D eigenvalue weighted by Gasteiger charge is 2.25. The van der Waals surface area contributed by atoms with Crippen LogP contribution in [0.1, 0.15) is 25.0 Å². The fourth-order valence-corrected chi connectivity index (χ4v) is 3.17. The van der Waals surface area contributed by atoms with Crippen molar-refractivity contribution in [1.29, 1.82) is 0 Å². The Bertz CT molecular complexity index is 544. The minimum absolute atomic E-state index is 0.615. The summed E-state index contributed by atoms with van der Waals surface area (Å²) in [4.78, 5) is 6.03. The maximum absolute atomic E-state index is 5.73. The summed E-state index contributed by atoms with van der Waals surface area (Å²) in [5.74, 6) is 0. The van der Waals surface area contributed by atoms with Gasteiger partial charge in [0.05, 0.1) is 11.2 Å². The molecule has 2 heterocycles. The number of rotatable bonds is 3. The molecule has 1 aromatic carbocycles. The predicted molar refractivity (Wildman–Crippen MR) is 77.1 cm³/mol. The third-order valence-corrected chi connectivity index (χ3v) is 3.96. The Kier molecular flexibility index (Phi) is 3.00. The zero-order valence-corrected chi connectivity index (χ0v) is 10.9. The van der Waals surface area contributed by atoms with Crippen molar-refractivity contribution >= 4 is 16.6 Å². The van der Waals surface area contributed by atoms with E-state index in [-0.39, 0.29) is 0 Å². The standard InChI is InChI=1S/C15H21N3/c1-11-10-12-4-2-6-14(15(12)17-11)18-9-3-5-13(18)7-8-16/h2,4,6,10,13,17H,3,5,7-9,16H2,1H3. The van der Waals surface area contributed by atoms with Gasteiger partial charge in [0.2, 0.25) is 0 Å². The Hall–Kier alpha value is -1.48. The topological polar surface area (TPSA) is 45.0 Å². The average Bonchev–Trinajstić information content (AvgIpc) is 2.94. The van der Waals surface area contributed by atoms with Crippen LogP contribution >= 0.6 is 0 Å². The molecule has 1 saturated heterocycles. The first-order valence-electron chi connectivity index (χ1n) is 6.84. The largest absolute Gasteiger partial charge is 0.367 e. The Morgan fingerprint density at radius 2 is 2.33 bits per heavy atom. The molecule has 96 valence electrons. The van der Waals surface area contributed by atoms with Crippen molar-refractivity contribution in [3.8, 4) is 0 Å². The monoisotopic (exact) mass is 243 g/mol. The smallest absolute Gasteiger partial charge is 0.0693 e. The van der Waals surface area contributed by atoms with Crippen molar-refractivity contribution < 1.29 is 0 Å². The van der Waals surface area contributed by atoms with Crippen LogP contribution in [0, 0.1) is 6.92 Å². The molecule has 0 bridgehead atoms. The minimum Gasteiger partial charge on any atom is -0.367 e. The number of benzene rings is 1. The molecule has 0 amide bonds. The summed E-state index contributed by atoms with van der Waals surface area (Å²) in [5.41, 5.74) is 9.58. The molecule has 0 aliphatic carbocycles. The number of nitrogens with one attached hydrogen (secondary N) is 1. The van der Waals surface area contributed by atoms with Gasteiger partial charge in [0.1, 0.15) is 0 Å². The van der Waals surface area contributed by atoms with Gasteiger partial charge in [-0.3, -0.25) is 0 Å². The number of nitrogens with zero attached hydrogens (tertiary/aromatic N) is 1. The molecule has 3 N–H and O–H groups in total. The van der Waals surface area contributed by atoms with Gasteiger partial charge in [-0.1, -0.05) is 12.1 Å². The quantitative estimate of drug-likeness (QED) is 0.870. The second-order valence-corrected chi connectivity index (χ2v) is 5.26. The van der Waals surface area contributed by atoms with Crippen LogP contribution in [0.3, 0.4) is 0 Å². The van der Waals surface area contributed by atoms with E-state index in [1.54, 1.807) is 0 Å². The van der Waals surface area contributed by atoms with E-state index in [2.05, 4.69) is 41.1 Å². The molecule has 1 aliphatic rings. The van der Waals surface area contributed by atoms with E-state index >= 15 is 0 Å². The molecule has 1 aromatic heterocycles. The number of aromatic amines is 1. The van der Waals surface area contributed by atoms with Gasteiger partial charge in [0.15, 0.2) is 0 Å². The maximum atomic E-state index is 5.73. The molecule has 0 radical (unpaired) electrons. The Labute approximate surface area is 108 Å². The summed E-state index contributed by atoms with van der Waals surface area (Å²) in [7, 11) is 0. The van der Waals surface area contributed by atoms with E-state index < -0.39 is 0 Å². The molecule has 3 nitrogen and oxygen atoms in total. The summed E-state index contributed by atoms with van der Waals surface area (Å²) in [6.07, 6.45) is 3.64. The zero-order chi connectivity index (χ0) is 12.5. The van der Waals surface area contributed by atoms with E-state index in [0.717, 1.165) is 19.5 Å². The van der Waals surface area contributed by atoms with Crippen LogP contribution in [0.15, 0.2) is 24.3 Å². The SMILES string of the molecule is Cc1cc2cccc(N3CCCC3CCN)c2[nH]1. The third kappa shape index (κ3) is 1.89. The first-order chi connectivity index (χ1) is 8.79. The first-order valence-corrected chi connectivity index (χ1v) is 6.84. The molecule has 0 saturated carbocycles. The van der Waals surface area contributed by atoms with Crippen LogP contribution in [-0.4, -0.2) is 24.1 Å². The van der Waals surface area contributed by atoms with Crippen molar-refractivity contribution in [2.24, 2.45) is 5.73 Å². The highest BCUT2D eigenvalue weighted by molar-refractivity contribution is 5.92. The first kappa shape index (κ1) is 11.6. The fraction of sp³-hybridized carbons (Fsp3) is 0.467. The van der Waals surface area contributed by atoms with E-state index in [1.165, 1.54) is 35.1 Å². The van der Waals surface area contributed by atoms with Gasteiger partial charge in [-0.25, -0.2) is 0 Å². The molecular weight excluding hydrogens is 222 g/mol. The molecular formula is C15H21N3. The number of fused-ring (bicyclic) bond motifs is 1.